The molecule has 1 heterocycles. The van der Waals surface area contributed by atoms with Gasteiger partial charge in [-0.15, -0.1) is 7.05 Å². The molecular formula is C6H10N2S. The molecule has 50 valence electrons. The van der Waals surface area contributed by atoms with Crippen LogP contribution in [-0.4, -0.2) is 11.5 Å². The minimum Gasteiger partial charge on any atom is -0.409 e. The van der Waals surface area contributed by atoms with Gasteiger partial charge in [-0.2, -0.15) is 4.98 Å². The lowest BCUT2D eigenvalue weighted by Crippen LogP contribution is -3.01. The maximum atomic E-state index is 4.11. The molecule has 0 aliphatic carbocycles. The van der Waals surface area contributed by atoms with Gasteiger partial charge >= 0.3 is 0 Å². The monoisotopic (exact) mass is 142 g/mol. The Kier molecular flexibility index (Phi) is 2.19. The lowest BCUT2D eigenvalue weighted by molar-refractivity contribution is -0.779. The lowest BCUT2D eigenvalue weighted by Gasteiger charge is -2.12. The first kappa shape index (κ1) is 6.71. The van der Waals surface area contributed by atoms with Crippen LogP contribution in [0, 0.1) is 7.05 Å². The van der Waals surface area contributed by atoms with E-state index >= 15 is 0 Å². The fourth-order valence-electron chi connectivity index (χ4n) is 0.549. The Morgan fingerprint density at radius 3 is 3.11 bits per heavy atom. The third-order valence-electron chi connectivity index (χ3n) is 1.16. The number of rotatable bonds is 2. The van der Waals surface area contributed by atoms with E-state index in [0.717, 1.165) is 16.6 Å². The van der Waals surface area contributed by atoms with E-state index in [4.69, 9.17) is 0 Å². The highest BCUT2D eigenvalue weighted by Crippen LogP contribution is 2.03. The lowest BCUT2D eigenvalue weighted by atomic mass is 10.7. The van der Waals surface area contributed by atoms with Gasteiger partial charge in [-0.25, -0.2) is 0 Å². The quantitative estimate of drug-likeness (QED) is 0.594. The average molecular weight is 142 g/mol. The van der Waals surface area contributed by atoms with Crippen molar-refractivity contribution in [3.8, 4) is 0 Å². The second-order valence-corrected chi connectivity index (χ2v) is 2.69. The van der Waals surface area contributed by atoms with Crippen LogP contribution < -0.4 is 4.90 Å². The summed E-state index contributed by atoms with van der Waals surface area (Å²) in [6.07, 6.45) is 1.81. The minimum absolute atomic E-state index is 0.994. The van der Waals surface area contributed by atoms with Gasteiger partial charge in [-0.05, 0) is 6.92 Å². The molecule has 0 bridgehead atoms. The van der Waals surface area contributed by atoms with Gasteiger partial charge in [0.25, 0.3) is 5.13 Å². The molecule has 1 unspecified atom stereocenters. The van der Waals surface area contributed by atoms with E-state index in [9.17, 15) is 0 Å². The van der Waals surface area contributed by atoms with Crippen LogP contribution in [0.2, 0.25) is 0 Å². The van der Waals surface area contributed by atoms with Crippen LogP contribution in [-0.2, 0) is 0 Å². The van der Waals surface area contributed by atoms with Crippen molar-refractivity contribution < 1.29 is 4.90 Å². The zero-order valence-electron chi connectivity index (χ0n) is 5.42. The van der Waals surface area contributed by atoms with Crippen LogP contribution in [0.4, 0.5) is 5.13 Å². The SMILES string of the molecule is [CH2-][NH+](CC)c1nccs1. The van der Waals surface area contributed by atoms with Crippen LogP contribution in [0.5, 0.6) is 0 Å². The minimum atomic E-state index is 0.994. The van der Waals surface area contributed by atoms with Crippen molar-refractivity contribution in [1.29, 1.82) is 0 Å². The van der Waals surface area contributed by atoms with Gasteiger partial charge in [0.1, 0.15) is 0 Å². The van der Waals surface area contributed by atoms with Crippen molar-refractivity contribution in [2.45, 2.75) is 6.92 Å². The van der Waals surface area contributed by atoms with Gasteiger partial charge in [-0.1, -0.05) is 11.3 Å². The van der Waals surface area contributed by atoms with Crippen molar-refractivity contribution in [1.82, 2.24) is 4.98 Å². The van der Waals surface area contributed by atoms with Crippen LogP contribution in [0.1, 0.15) is 6.92 Å². The predicted molar refractivity (Wildman–Crippen MR) is 38.6 cm³/mol. The number of hydrogen-bond acceptors (Lipinski definition) is 2. The van der Waals surface area contributed by atoms with Gasteiger partial charge in [0.05, 0.1) is 6.54 Å². The van der Waals surface area contributed by atoms with Gasteiger partial charge in [0, 0.05) is 11.6 Å². The molecular weight excluding hydrogens is 132 g/mol. The first-order valence-electron chi connectivity index (χ1n) is 2.92. The zero-order chi connectivity index (χ0) is 6.69. The molecule has 2 nitrogen and oxygen atoms in total. The first-order valence-corrected chi connectivity index (χ1v) is 3.80. The Morgan fingerprint density at radius 1 is 1.89 bits per heavy atom. The summed E-state index contributed by atoms with van der Waals surface area (Å²) < 4.78 is 0. The molecule has 0 radical (unpaired) electrons. The third-order valence-corrected chi connectivity index (χ3v) is 2.04. The molecule has 1 N–H and O–H groups in total. The van der Waals surface area contributed by atoms with E-state index < -0.39 is 0 Å². The second kappa shape index (κ2) is 2.94. The molecule has 0 fully saturated rings. The molecule has 0 saturated carbocycles. The highest BCUT2D eigenvalue weighted by molar-refractivity contribution is 7.12. The van der Waals surface area contributed by atoms with Gasteiger partial charge in [-0.3, -0.25) is 0 Å². The number of nitrogens with zero attached hydrogens (tertiary/aromatic N) is 1. The van der Waals surface area contributed by atoms with Gasteiger partial charge in [0.15, 0.2) is 0 Å². The summed E-state index contributed by atoms with van der Waals surface area (Å²) in [6, 6.07) is 0. The molecule has 1 atom stereocenters. The maximum absolute atomic E-state index is 4.11. The number of nitrogens with one attached hydrogen (secondary N) is 1. The van der Waals surface area contributed by atoms with Crippen LogP contribution in [0.25, 0.3) is 0 Å². The average Bonchev–Trinajstić information content (AvgIpc) is 2.37. The van der Waals surface area contributed by atoms with E-state index in [2.05, 4.69) is 19.0 Å². The molecule has 0 saturated heterocycles. The van der Waals surface area contributed by atoms with Crippen molar-refractivity contribution in [2.75, 3.05) is 6.54 Å². The summed E-state index contributed by atoms with van der Waals surface area (Å²) >= 11 is 1.64. The van der Waals surface area contributed by atoms with Gasteiger partial charge in [0.2, 0.25) is 0 Å². The molecule has 3 heteroatoms. The predicted octanol–water partition coefficient (Wildman–Crippen LogP) is 0.471. The maximum Gasteiger partial charge on any atom is 0.257 e. The molecule has 1 rings (SSSR count). The molecule has 1 aromatic rings. The molecule has 1 aromatic heterocycles. The van der Waals surface area contributed by atoms with E-state index in [1.165, 1.54) is 0 Å². The molecule has 0 amide bonds. The molecule has 0 aliphatic heterocycles. The summed E-state index contributed by atoms with van der Waals surface area (Å²) in [7, 11) is 3.86. The summed E-state index contributed by atoms with van der Waals surface area (Å²) in [6.45, 7) is 3.08. The van der Waals surface area contributed by atoms with Crippen molar-refractivity contribution in [2.24, 2.45) is 0 Å². The summed E-state index contributed by atoms with van der Waals surface area (Å²) in [5.41, 5.74) is 0. The van der Waals surface area contributed by atoms with Crippen LogP contribution in [0.15, 0.2) is 11.6 Å². The normalized spacial score (nSPS) is 13.6. The molecule has 0 aliphatic rings. The van der Waals surface area contributed by atoms with Crippen LogP contribution in [0.3, 0.4) is 0 Å². The van der Waals surface area contributed by atoms with Crippen molar-refractivity contribution in [3.05, 3.63) is 18.6 Å². The second-order valence-electron chi connectivity index (χ2n) is 1.79. The first-order chi connectivity index (χ1) is 4.34. The summed E-state index contributed by atoms with van der Waals surface area (Å²) in [5, 5.41) is 3.04. The highest BCUT2D eigenvalue weighted by atomic mass is 32.1. The molecule has 9 heavy (non-hydrogen) atoms. The fraction of sp³-hybridized carbons (Fsp3) is 0.333. The van der Waals surface area contributed by atoms with E-state index in [0.29, 0.717) is 0 Å². The number of thiazole rings is 1. The van der Waals surface area contributed by atoms with Crippen LogP contribution >= 0.6 is 11.3 Å². The number of quaternary nitrogens is 1. The Labute approximate surface area is 59.1 Å². The standard InChI is InChI=1S/C6H10N2S/c1-3-8(2)6-7-4-5-9-6/h4-5,8H,2-3H2,1H3. The van der Waals surface area contributed by atoms with Crippen molar-refractivity contribution in [3.63, 3.8) is 0 Å². The smallest absolute Gasteiger partial charge is 0.257 e. The Hall–Kier alpha value is -0.410. The molecule has 0 aromatic carbocycles. The van der Waals surface area contributed by atoms with E-state index in [-0.39, 0.29) is 0 Å². The number of aromatic nitrogens is 1. The Bertz CT molecular complexity index is 160. The zero-order valence-corrected chi connectivity index (χ0v) is 6.24. The largest absolute Gasteiger partial charge is 0.409 e. The van der Waals surface area contributed by atoms with E-state index in [1.54, 1.807) is 17.5 Å². The third kappa shape index (κ3) is 1.50. The fourth-order valence-corrected chi connectivity index (χ4v) is 1.23. The summed E-state index contributed by atoms with van der Waals surface area (Å²) in [4.78, 5) is 5.24. The summed E-state index contributed by atoms with van der Waals surface area (Å²) in [5.74, 6) is 0. The Balaban J connectivity index is 2.65. The molecule has 0 spiro atoms. The highest BCUT2D eigenvalue weighted by Gasteiger charge is 1.98. The van der Waals surface area contributed by atoms with E-state index in [1.807, 2.05) is 5.38 Å². The Morgan fingerprint density at radius 2 is 2.67 bits per heavy atom. The van der Waals surface area contributed by atoms with Crippen molar-refractivity contribution >= 4 is 16.5 Å². The topological polar surface area (TPSA) is 17.3 Å². The van der Waals surface area contributed by atoms with Gasteiger partial charge < -0.3 is 4.90 Å². The number of hydrogen-bond donors (Lipinski definition) is 1.